The molecule has 0 aliphatic carbocycles. The first-order valence-electron chi connectivity index (χ1n) is 10.1. The molecule has 1 N–H and O–H groups in total. The molecule has 3 nitrogen and oxygen atoms in total. The van der Waals surface area contributed by atoms with Gasteiger partial charge in [-0.25, -0.2) is 0 Å². The Kier molecular flexibility index (Phi) is 7.86. The second kappa shape index (κ2) is 10.3. The number of nitrogens with zero attached hydrogens (tertiary/aromatic N) is 1. The molecule has 11 heteroatoms. The van der Waals surface area contributed by atoms with E-state index in [4.69, 9.17) is 16.3 Å². The van der Waals surface area contributed by atoms with Crippen molar-refractivity contribution in [3.05, 3.63) is 90.0 Å². The summed E-state index contributed by atoms with van der Waals surface area (Å²) in [5, 5.41) is 5.85. The summed E-state index contributed by atoms with van der Waals surface area (Å²) in [5.41, 5.74) is -1.11. The normalized spacial score (nSPS) is 13.4. The molecule has 0 heterocycles. The molecule has 0 spiro atoms. The van der Waals surface area contributed by atoms with Crippen molar-refractivity contribution in [2.75, 3.05) is 11.4 Å². The van der Waals surface area contributed by atoms with E-state index in [0.717, 1.165) is 6.07 Å². The van der Waals surface area contributed by atoms with Crippen LogP contribution in [0.4, 0.5) is 36.4 Å². The van der Waals surface area contributed by atoms with E-state index in [2.05, 4.69) is 0 Å². The van der Waals surface area contributed by atoms with Gasteiger partial charge in [0.15, 0.2) is 0 Å². The van der Waals surface area contributed by atoms with E-state index >= 15 is 0 Å². The molecule has 1 unspecified atom stereocenters. The van der Waals surface area contributed by atoms with Crippen LogP contribution in [0.25, 0.3) is 0 Å². The van der Waals surface area contributed by atoms with Gasteiger partial charge in [0.25, 0.3) is 0 Å². The van der Waals surface area contributed by atoms with Gasteiger partial charge in [-0.2, -0.15) is 30.7 Å². The van der Waals surface area contributed by atoms with Crippen LogP contribution in [0.15, 0.2) is 78.9 Å². The Hall–Kier alpha value is -2.98. The highest BCUT2D eigenvalue weighted by molar-refractivity contribution is 6.22. The minimum atomic E-state index is -5.81. The predicted molar refractivity (Wildman–Crippen MR) is 117 cm³/mol. The fourth-order valence-electron chi connectivity index (χ4n) is 3.19. The van der Waals surface area contributed by atoms with Gasteiger partial charge in [-0.05, 0) is 47.5 Å². The smallest absolute Gasteiger partial charge is 0.457 e. The molecule has 0 aliphatic heterocycles. The summed E-state index contributed by atoms with van der Waals surface area (Å²) in [6.45, 7) is -1.15. The highest BCUT2D eigenvalue weighted by atomic mass is 35.5. The topological polar surface area (TPSA) is 32.7 Å². The van der Waals surface area contributed by atoms with Crippen molar-refractivity contribution in [2.24, 2.45) is 0 Å². The van der Waals surface area contributed by atoms with Crippen LogP contribution in [0.2, 0.25) is 0 Å². The second-order valence-corrected chi connectivity index (χ2v) is 8.13. The van der Waals surface area contributed by atoms with E-state index in [1.54, 1.807) is 36.4 Å². The van der Waals surface area contributed by atoms with E-state index in [9.17, 15) is 35.8 Å². The van der Waals surface area contributed by atoms with Gasteiger partial charge in [0.05, 0.1) is 6.54 Å². The Morgan fingerprint density at radius 2 is 1.43 bits per heavy atom. The molecule has 1 atom stereocenters. The van der Waals surface area contributed by atoms with Crippen LogP contribution in [0.3, 0.4) is 0 Å². The fraction of sp³-hybridized carbons (Fsp3) is 0.250. The fourth-order valence-corrected chi connectivity index (χ4v) is 3.26. The average Bonchev–Trinajstić information content (AvgIpc) is 2.78. The third-order valence-electron chi connectivity index (χ3n) is 4.95. The Morgan fingerprint density at radius 3 is 2.06 bits per heavy atom. The lowest BCUT2D eigenvalue weighted by atomic mass is 10.0. The van der Waals surface area contributed by atoms with Crippen LogP contribution in [0.1, 0.15) is 11.1 Å². The molecule has 0 aromatic heterocycles. The predicted octanol–water partition coefficient (Wildman–Crippen LogP) is 7.33. The van der Waals surface area contributed by atoms with Crippen molar-refractivity contribution in [1.29, 1.82) is 0 Å². The lowest BCUT2D eigenvalue weighted by Gasteiger charge is -2.29. The van der Waals surface area contributed by atoms with Crippen molar-refractivity contribution < 1.29 is 40.6 Å². The number of anilines is 1. The minimum Gasteiger partial charge on any atom is -0.457 e. The first kappa shape index (κ1) is 26.6. The summed E-state index contributed by atoms with van der Waals surface area (Å²) in [7, 11) is 0. The summed E-state index contributed by atoms with van der Waals surface area (Å²) < 4.78 is 98.7. The lowest BCUT2D eigenvalue weighted by molar-refractivity contribution is -0.289. The SMILES string of the molecule is OC(CN(Cc1cccc(C(F)(F)C(F)(F)F)c1)c1cccc(Oc2ccccc2)c1)C(F)(F)Cl. The van der Waals surface area contributed by atoms with Gasteiger partial charge >= 0.3 is 17.5 Å². The Morgan fingerprint density at radius 1 is 0.800 bits per heavy atom. The summed E-state index contributed by atoms with van der Waals surface area (Å²) in [4.78, 5) is 1.17. The molecular formula is C24H19ClF7NO2. The van der Waals surface area contributed by atoms with Crippen molar-refractivity contribution in [1.82, 2.24) is 0 Å². The highest BCUT2D eigenvalue weighted by Crippen LogP contribution is 2.44. The van der Waals surface area contributed by atoms with Crippen LogP contribution in [0.5, 0.6) is 11.5 Å². The van der Waals surface area contributed by atoms with E-state index in [1.165, 1.54) is 29.2 Å². The maximum Gasteiger partial charge on any atom is 0.458 e. The van der Waals surface area contributed by atoms with Gasteiger partial charge in [-0.3, -0.25) is 0 Å². The molecule has 0 amide bonds. The number of hydrogen-bond acceptors (Lipinski definition) is 3. The van der Waals surface area contributed by atoms with Crippen molar-refractivity contribution in [3.63, 3.8) is 0 Å². The van der Waals surface area contributed by atoms with Gasteiger partial charge in [0.1, 0.15) is 17.6 Å². The van der Waals surface area contributed by atoms with Crippen molar-refractivity contribution in [3.8, 4) is 11.5 Å². The van der Waals surface area contributed by atoms with Crippen LogP contribution in [0, 0.1) is 0 Å². The monoisotopic (exact) mass is 521 g/mol. The standard InChI is InChI=1S/C24H19ClF7NO2/c25-23(28,29)21(34)15-33(14-16-6-4-7-17(12-16)22(26,27)24(30,31)32)18-8-5-11-20(13-18)35-19-9-2-1-3-10-19/h1-13,21,34H,14-15H2. The van der Waals surface area contributed by atoms with Gasteiger partial charge in [0, 0.05) is 23.9 Å². The molecule has 3 rings (SSSR count). The molecule has 0 aliphatic rings. The summed E-state index contributed by atoms with van der Waals surface area (Å²) in [6, 6.07) is 18.1. The zero-order chi connectivity index (χ0) is 25.9. The molecule has 0 saturated carbocycles. The number of aliphatic hydroxyl groups excluding tert-OH is 1. The highest BCUT2D eigenvalue weighted by Gasteiger charge is 2.58. The first-order valence-corrected chi connectivity index (χ1v) is 10.5. The number of aliphatic hydroxyl groups is 1. The van der Waals surface area contributed by atoms with E-state index in [-0.39, 0.29) is 17.8 Å². The summed E-state index contributed by atoms with van der Waals surface area (Å²) >= 11 is 4.93. The first-order chi connectivity index (χ1) is 16.3. The van der Waals surface area contributed by atoms with E-state index < -0.39 is 35.7 Å². The number of rotatable bonds is 9. The molecule has 0 fully saturated rings. The molecular weight excluding hydrogens is 503 g/mol. The Bertz CT molecular complexity index is 1120. The molecule has 188 valence electrons. The largest absolute Gasteiger partial charge is 0.458 e. The maximum atomic E-state index is 13.8. The van der Waals surface area contributed by atoms with Gasteiger partial charge in [-0.1, -0.05) is 42.5 Å². The second-order valence-electron chi connectivity index (χ2n) is 7.62. The van der Waals surface area contributed by atoms with E-state index in [1.807, 2.05) is 0 Å². The molecule has 35 heavy (non-hydrogen) atoms. The summed E-state index contributed by atoms with van der Waals surface area (Å²) in [5.74, 6) is -4.34. The third kappa shape index (κ3) is 6.79. The van der Waals surface area contributed by atoms with Crippen molar-refractivity contribution in [2.45, 2.75) is 30.1 Å². The molecule has 0 saturated heterocycles. The quantitative estimate of drug-likeness (QED) is 0.236. The number of alkyl halides is 8. The number of benzene rings is 3. The Labute approximate surface area is 201 Å². The van der Waals surface area contributed by atoms with Crippen LogP contribution < -0.4 is 9.64 Å². The molecule has 3 aromatic carbocycles. The number of hydrogen-bond donors (Lipinski definition) is 1. The molecule has 3 aromatic rings. The van der Waals surface area contributed by atoms with E-state index in [0.29, 0.717) is 23.6 Å². The Balaban J connectivity index is 1.93. The number of ether oxygens (including phenoxy) is 1. The zero-order valence-corrected chi connectivity index (χ0v) is 18.6. The minimum absolute atomic E-state index is 0.0362. The summed E-state index contributed by atoms with van der Waals surface area (Å²) in [6.07, 6.45) is -8.19. The van der Waals surface area contributed by atoms with Gasteiger partial charge < -0.3 is 14.7 Å². The number of halogens is 8. The number of para-hydroxylation sites is 1. The molecule has 0 radical (unpaired) electrons. The maximum absolute atomic E-state index is 13.8. The van der Waals surface area contributed by atoms with Crippen LogP contribution in [-0.2, 0) is 12.5 Å². The van der Waals surface area contributed by atoms with Crippen LogP contribution in [-0.4, -0.2) is 29.3 Å². The van der Waals surface area contributed by atoms with Crippen molar-refractivity contribution >= 4 is 17.3 Å². The van der Waals surface area contributed by atoms with Gasteiger partial charge in [0.2, 0.25) is 0 Å². The third-order valence-corrected chi connectivity index (χ3v) is 5.20. The van der Waals surface area contributed by atoms with Gasteiger partial charge in [-0.15, -0.1) is 0 Å². The molecule has 0 bridgehead atoms. The average molecular weight is 522 g/mol. The van der Waals surface area contributed by atoms with Crippen LogP contribution >= 0.6 is 11.6 Å². The zero-order valence-electron chi connectivity index (χ0n) is 17.8. The lowest BCUT2D eigenvalue weighted by Crippen LogP contribution is -2.40.